The van der Waals surface area contributed by atoms with Crippen LogP contribution < -0.4 is 5.32 Å². The highest BCUT2D eigenvalue weighted by molar-refractivity contribution is 4.88. The fraction of sp³-hybridized carbons (Fsp3) is 0.857. The topological polar surface area (TPSA) is 42.7 Å². The zero-order valence-electron chi connectivity index (χ0n) is 11.9. The van der Waals surface area contributed by atoms with Crippen molar-refractivity contribution in [2.45, 2.75) is 65.6 Å². The van der Waals surface area contributed by atoms with Gasteiger partial charge in [-0.1, -0.05) is 33.6 Å². The lowest BCUT2D eigenvalue weighted by molar-refractivity contribution is 0.204. The fourth-order valence-corrected chi connectivity index (χ4v) is 2.92. The molecule has 0 amide bonds. The van der Waals surface area contributed by atoms with E-state index in [2.05, 4.69) is 36.2 Å². The second-order valence-electron chi connectivity index (χ2n) is 5.65. The second-order valence-corrected chi connectivity index (χ2v) is 5.65. The van der Waals surface area contributed by atoms with E-state index in [1.807, 2.05) is 4.68 Å². The predicted molar refractivity (Wildman–Crippen MR) is 73.1 cm³/mol. The van der Waals surface area contributed by atoms with Gasteiger partial charge in [-0.05, 0) is 24.7 Å². The van der Waals surface area contributed by atoms with E-state index >= 15 is 0 Å². The van der Waals surface area contributed by atoms with E-state index in [-0.39, 0.29) is 0 Å². The normalized spacial score (nSPS) is 28.5. The molecule has 3 atom stereocenters. The largest absolute Gasteiger partial charge is 0.307 e. The highest BCUT2D eigenvalue weighted by Gasteiger charge is 2.26. The highest BCUT2D eigenvalue weighted by Crippen LogP contribution is 2.29. The molecule has 1 aliphatic rings. The van der Waals surface area contributed by atoms with Crippen molar-refractivity contribution in [3.05, 3.63) is 12.2 Å². The molecule has 0 bridgehead atoms. The maximum Gasteiger partial charge on any atom is 0.140 e. The zero-order chi connectivity index (χ0) is 13.0. The van der Waals surface area contributed by atoms with Crippen LogP contribution in [-0.2, 0) is 13.1 Å². The van der Waals surface area contributed by atoms with Gasteiger partial charge in [0.15, 0.2) is 0 Å². The van der Waals surface area contributed by atoms with Crippen LogP contribution in [0.2, 0.25) is 0 Å². The summed E-state index contributed by atoms with van der Waals surface area (Å²) in [5, 5.41) is 7.95. The first-order chi connectivity index (χ1) is 8.72. The molecule has 0 spiro atoms. The number of nitrogens with one attached hydrogen (secondary N) is 1. The summed E-state index contributed by atoms with van der Waals surface area (Å²) >= 11 is 0. The van der Waals surface area contributed by atoms with Crippen LogP contribution in [0.4, 0.5) is 0 Å². The number of aryl methyl sites for hydroxylation is 1. The van der Waals surface area contributed by atoms with Crippen molar-refractivity contribution in [3.63, 3.8) is 0 Å². The average molecular weight is 250 g/mol. The van der Waals surface area contributed by atoms with Crippen molar-refractivity contribution in [1.82, 2.24) is 20.1 Å². The molecular weight excluding hydrogens is 224 g/mol. The lowest BCUT2D eigenvalue weighted by Crippen LogP contribution is -2.40. The fourth-order valence-electron chi connectivity index (χ4n) is 2.92. The van der Waals surface area contributed by atoms with Crippen molar-refractivity contribution < 1.29 is 0 Å². The minimum Gasteiger partial charge on any atom is -0.307 e. The molecule has 0 aliphatic heterocycles. The number of aromatic nitrogens is 3. The van der Waals surface area contributed by atoms with Gasteiger partial charge in [0.1, 0.15) is 12.2 Å². The van der Waals surface area contributed by atoms with Crippen molar-refractivity contribution in [3.8, 4) is 0 Å². The summed E-state index contributed by atoms with van der Waals surface area (Å²) in [7, 11) is 0. The summed E-state index contributed by atoms with van der Waals surface area (Å²) in [4.78, 5) is 4.35. The smallest absolute Gasteiger partial charge is 0.140 e. The van der Waals surface area contributed by atoms with E-state index in [4.69, 9.17) is 0 Å². The number of hydrogen-bond acceptors (Lipinski definition) is 3. The molecule has 1 N–H and O–H groups in total. The molecule has 1 heterocycles. The monoisotopic (exact) mass is 250 g/mol. The quantitative estimate of drug-likeness (QED) is 0.873. The highest BCUT2D eigenvalue weighted by atomic mass is 15.3. The third-order valence-electron chi connectivity index (χ3n) is 4.36. The molecule has 3 unspecified atom stereocenters. The molecule has 1 aromatic rings. The van der Waals surface area contributed by atoms with Crippen LogP contribution in [0.15, 0.2) is 6.33 Å². The summed E-state index contributed by atoms with van der Waals surface area (Å²) in [6, 6.07) is 0.639. The van der Waals surface area contributed by atoms with Crippen molar-refractivity contribution >= 4 is 0 Å². The van der Waals surface area contributed by atoms with Gasteiger partial charge >= 0.3 is 0 Å². The van der Waals surface area contributed by atoms with Gasteiger partial charge in [-0.2, -0.15) is 5.10 Å². The van der Waals surface area contributed by atoms with Crippen molar-refractivity contribution in [2.75, 3.05) is 0 Å². The van der Waals surface area contributed by atoms with Gasteiger partial charge in [0, 0.05) is 12.6 Å². The molecule has 0 aromatic carbocycles. The summed E-state index contributed by atoms with van der Waals surface area (Å²) in [5.74, 6) is 2.67. The van der Waals surface area contributed by atoms with Crippen LogP contribution in [-0.4, -0.2) is 20.8 Å². The van der Waals surface area contributed by atoms with Gasteiger partial charge in [0.25, 0.3) is 0 Å². The number of nitrogens with zero attached hydrogens (tertiary/aromatic N) is 3. The standard InChI is InChI=1S/C14H26N4/c1-4-8-18-14(16-10-17-18)9-15-13-7-5-6-11(2)12(13)3/h10-13,15H,4-9H2,1-3H3. The zero-order valence-corrected chi connectivity index (χ0v) is 11.9. The van der Waals surface area contributed by atoms with Gasteiger partial charge in [-0.3, -0.25) is 0 Å². The maximum atomic E-state index is 4.35. The van der Waals surface area contributed by atoms with Gasteiger partial charge < -0.3 is 5.32 Å². The second kappa shape index (κ2) is 6.32. The van der Waals surface area contributed by atoms with Crippen LogP contribution >= 0.6 is 0 Å². The molecule has 4 heteroatoms. The molecule has 4 nitrogen and oxygen atoms in total. The molecule has 0 saturated heterocycles. The third kappa shape index (κ3) is 3.10. The van der Waals surface area contributed by atoms with E-state index in [1.54, 1.807) is 6.33 Å². The van der Waals surface area contributed by atoms with E-state index in [0.29, 0.717) is 6.04 Å². The number of rotatable bonds is 5. The van der Waals surface area contributed by atoms with E-state index in [9.17, 15) is 0 Å². The SMILES string of the molecule is CCCn1ncnc1CNC1CCCC(C)C1C. The minimum absolute atomic E-state index is 0.639. The summed E-state index contributed by atoms with van der Waals surface area (Å²) < 4.78 is 2.02. The molecule has 1 aliphatic carbocycles. The van der Waals surface area contributed by atoms with Gasteiger partial charge in [-0.25, -0.2) is 9.67 Å². The first-order valence-corrected chi connectivity index (χ1v) is 7.32. The number of hydrogen-bond donors (Lipinski definition) is 1. The Bertz CT molecular complexity index is 360. The molecule has 0 radical (unpaired) electrons. The third-order valence-corrected chi connectivity index (χ3v) is 4.36. The molecule has 1 aromatic heterocycles. The average Bonchev–Trinajstić information content (AvgIpc) is 2.79. The Morgan fingerprint density at radius 1 is 1.39 bits per heavy atom. The maximum absolute atomic E-state index is 4.35. The van der Waals surface area contributed by atoms with Gasteiger partial charge in [0.05, 0.1) is 6.54 Å². The first kappa shape index (κ1) is 13.5. The summed E-state index contributed by atoms with van der Waals surface area (Å²) in [6.45, 7) is 8.73. The molecule has 102 valence electrons. The Balaban J connectivity index is 1.88. The Morgan fingerprint density at radius 2 is 2.22 bits per heavy atom. The summed E-state index contributed by atoms with van der Waals surface area (Å²) in [5.41, 5.74) is 0. The molecule has 1 saturated carbocycles. The van der Waals surface area contributed by atoms with Crippen LogP contribution in [0.1, 0.15) is 52.3 Å². The molecule has 1 fully saturated rings. The Hall–Kier alpha value is -0.900. The van der Waals surface area contributed by atoms with Crippen molar-refractivity contribution in [2.24, 2.45) is 11.8 Å². The summed E-state index contributed by atoms with van der Waals surface area (Å²) in [6.07, 6.45) is 6.80. The van der Waals surface area contributed by atoms with Crippen LogP contribution in [0.25, 0.3) is 0 Å². The van der Waals surface area contributed by atoms with Crippen LogP contribution in [0.5, 0.6) is 0 Å². The molecule has 2 rings (SSSR count). The Morgan fingerprint density at radius 3 is 3.00 bits per heavy atom. The van der Waals surface area contributed by atoms with E-state index in [0.717, 1.165) is 37.2 Å². The van der Waals surface area contributed by atoms with Gasteiger partial charge in [0.2, 0.25) is 0 Å². The van der Waals surface area contributed by atoms with Crippen molar-refractivity contribution in [1.29, 1.82) is 0 Å². The van der Waals surface area contributed by atoms with Gasteiger partial charge in [-0.15, -0.1) is 0 Å². The Labute approximate surface area is 110 Å². The Kier molecular flexibility index (Phi) is 4.75. The first-order valence-electron chi connectivity index (χ1n) is 7.32. The predicted octanol–water partition coefficient (Wildman–Crippen LogP) is 2.60. The minimum atomic E-state index is 0.639. The molecular formula is C14H26N4. The lowest BCUT2D eigenvalue weighted by Gasteiger charge is -2.34. The van der Waals surface area contributed by atoms with E-state index in [1.165, 1.54) is 19.3 Å². The van der Waals surface area contributed by atoms with E-state index < -0.39 is 0 Å². The van der Waals surface area contributed by atoms with Crippen LogP contribution in [0, 0.1) is 11.8 Å². The lowest BCUT2D eigenvalue weighted by atomic mass is 9.78. The molecule has 18 heavy (non-hydrogen) atoms. The van der Waals surface area contributed by atoms with Crippen LogP contribution in [0.3, 0.4) is 0 Å².